The first-order chi connectivity index (χ1) is 7.71. The van der Waals surface area contributed by atoms with Gasteiger partial charge in [-0.15, -0.1) is 0 Å². The fraction of sp³-hybridized carbons (Fsp3) is 0.500. The quantitative estimate of drug-likeness (QED) is 0.735. The highest BCUT2D eigenvalue weighted by Gasteiger charge is 2.38. The van der Waals surface area contributed by atoms with Gasteiger partial charge in [0, 0.05) is 11.6 Å². The molecule has 0 aliphatic carbocycles. The van der Waals surface area contributed by atoms with E-state index in [4.69, 9.17) is 18.9 Å². The molecule has 0 amide bonds. The minimum Gasteiger partial charge on any atom is -0.496 e. The molecule has 2 rings (SSSR count). The fourth-order valence-electron chi connectivity index (χ4n) is 1.79. The SMILES string of the molecule is COc1cc(OC)c([C@@H]2O[C@H]2C)cc1OC. The van der Waals surface area contributed by atoms with E-state index in [1.54, 1.807) is 21.3 Å². The van der Waals surface area contributed by atoms with Gasteiger partial charge in [0.1, 0.15) is 11.9 Å². The molecule has 4 nitrogen and oxygen atoms in total. The molecule has 0 unspecified atom stereocenters. The first-order valence-corrected chi connectivity index (χ1v) is 5.16. The molecule has 88 valence electrons. The molecule has 1 aromatic rings. The molecule has 0 aromatic heterocycles. The van der Waals surface area contributed by atoms with Gasteiger partial charge >= 0.3 is 0 Å². The van der Waals surface area contributed by atoms with Gasteiger partial charge in [0.2, 0.25) is 0 Å². The Hall–Kier alpha value is -1.42. The second kappa shape index (κ2) is 4.22. The maximum absolute atomic E-state index is 5.44. The van der Waals surface area contributed by atoms with E-state index in [9.17, 15) is 0 Å². The molecule has 0 saturated carbocycles. The predicted molar refractivity (Wildman–Crippen MR) is 59.4 cm³/mol. The smallest absolute Gasteiger partial charge is 0.164 e. The summed E-state index contributed by atoms with van der Waals surface area (Å²) in [7, 11) is 4.86. The number of hydrogen-bond acceptors (Lipinski definition) is 4. The molecule has 1 heterocycles. The third kappa shape index (κ3) is 1.80. The number of rotatable bonds is 4. The zero-order valence-electron chi connectivity index (χ0n) is 9.94. The van der Waals surface area contributed by atoms with Crippen LogP contribution in [0.15, 0.2) is 12.1 Å². The van der Waals surface area contributed by atoms with Gasteiger partial charge in [0.15, 0.2) is 11.5 Å². The largest absolute Gasteiger partial charge is 0.496 e. The van der Waals surface area contributed by atoms with Crippen LogP contribution in [0.3, 0.4) is 0 Å². The molecular formula is C12H16O4. The zero-order valence-corrected chi connectivity index (χ0v) is 9.94. The van der Waals surface area contributed by atoms with Crippen molar-refractivity contribution in [3.8, 4) is 17.2 Å². The first kappa shape index (κ1) is 11.1. The van der Waals surface area contributed by atoms with Crippen molar-refractivity contribution >= 4 is 0 Å². The van der Waals surface area contributed by atoms with Crippen LogP contribution in [0, 0.1) is 0 Å². The summed E-state index contributed by atoms with van der Waals surface area (Å²) in [4.78, 5) is 0. The summed E-state index contributed by atoms with van der Waals surface area (Å²) < 4.78 is 21.2. The van der Waals surface area contributed by atoms with Crippen LogP contribution in [0.5, 0.6) is 17.2 Å². The Morgan fingerprint density at radius 3 is 1.88 bits per heavy atom. The lowest BCUT2D eigenvalue weighted by Crippen LogP contribution is -1.97. The Bertz CT molecular complexity index is 389. The van der Waals surface area contributed by atoms with Crippen LogP contribution < -0.4 is 14.2 Å². The number of ether oxygens (including phenoxy) is 4. The van der Waals surface area contributed by atoms with Crippen molar-refractivity contribution in [1.82, 2.24) is 0 Å². The van der Waals surface area contributed by atoms with Crippen molar-refractivity contribution in [3.05, 3.63) is 17.7 Å². The fourth-order valence-corrected chi connectivity index (χ4v) is 1.79. The van der Waals surface area contributed by atoms with Gasteiger partial charge in [-0.1, -0.05) is 0 Å². The maximum Gasteiger partial charge on any atom is 0.164 e. The van der Waals surface area contributed by atoms with E-state index in [1.807, 2.05) is 19.1 Å². The highest BCUT2D eigenvalue weighted by Crippen LogP contribution is 2.46. The number of benzene rings is 1. The van der Waals surface area contributed by atoms with Gasteiger partial charge in [-0.25, -0.2) is 0 Å². The summed E-state index contributed by atoms with van der Waals surface area (Å²) in [6, 6.07) is 3.73. The van der Waals surface area contributed by atoms with Gasteiger partial charge < -0.3 is 18.9 Å². The van der Waals surface area contributed by atoms with E-state index in [1.165, 1.54) is 0 Å². The van der Waals surface area contributed by atoms with Crippen LogP contribution in [-0.4, -0.2) is 27.4 Å². The lowest BCUT2D eigenvalue weighted by molar-refractivity contribution is 0.341. The number of epoxide rings is 1. The topological polar surface area (TPSA) is 40.2 Å². The Morgan fingerprint density at radius 1 is 0.938 bits per heavy atom. The van der Waals surface area contributed by atoms with E-state index in [0.29, 0.717) is 11.5 Å². The van der Waals surface area contributed by atoms with E-state index in [0.717, 1.165) is 11.3 Å². The van der Waals surface area contributed by atoms with Crippen molar-refractivity contribution in [3.63, 3.8) is 0 Å². The first-order valence-electron chi connectivity index (χ1n) is 5.16. The molecule has 0 spiro atoms. The van der Waals surface area contributed by atoms with Crippen molar-refractivity contribution in [2.75, 3.05) is 21.3 Å². The molecule has 0 radical (unpaired) electrons. The summed E-state index contributed by atoms with van der Waals surface area (Å²) in [6.45, 7) is 2.03. The van der Waals surface area contributed by atoms with Gasteiger partial charge in [0.05, 0.1) is 27.4 Å². The third-order valence-electron chi connectivity index (χ3n) is 2.75. The Balaban J connectivity index is 2.42. The molecule has 2 atom stereocenters. The molecule has 0 bridgehead atoms. The second-order valence-electron chi connectivity index (χ2n) is 3.71. The average molecular weight is 224 g/mol. The van der Waals surface area contributed by atoms with Crippen molar-refractivity contribution < 1.29 is 18.9 Å². The Kier molecular flexibility index (Phi) is 2.92. The molecular weight excluding hydrogens is 208 g/mol. The van der Waals surface area contributed by atoms with Crippen LogP contribution >= 0.6 is 0 Å². The van der Waals surface area contributed by atoms with Gasteiger partial charge in [-0.05, 0) is 13.0 Å². The van der Waals surface area contributed by atoms with Gasteiger partial charge in [-0.2, -0.15) is 0 Å². The molecule has 1 aliphatic heterocycles. The van der Waals surface area contributed by atoms with Crippen molar-refractivity contribution in [2.24, 2.45) is 0 Å². The summed E-state index contributed by atoms with van der Waals surface area (Å²) in [6.07, 6.45) is 0.349. The molecule has 1 aliphatic rings. The van der Waals surface area contributed by atoms with Crippen LogP contribution in [0.4, 0.5) is 0 Å². The highest BCUT2D eigenvalue weighted by molar-refractivity contribution is 5.52. The van der Waals surface area contributed by atoms with E-state index in [-0.39, 0.29) is 12.2 Å². The molecule has 1 fully saturated rings. The standard InChI is InChI=1S/C12H16O4/c1-7-12(16-7)8-5-10(14-3)11(15-4)6-9(8)13-2/h5-7,12H,1-4H3/t7-,12+/m0/s1. The molecule has 0 N–H and O–H groups in total. The minimum atomic E-state index is 0.106. The van der Waals surface area contributed by atoms with E-state index < -0.39 is 0 Å². The predicted octanol–water partition coefficient (Wildman–Crippen LogP) is 2.17. The minimum absolute atomic E-state index is 0.106. The van der Waals surface area contributed by atoms with Crippen molar-refractivity contribution in [1.29, 1.82) is 0 Å². The summed E-state index contributed by atoms with van der Waals surface area (Å²) >= 11 is 0. The second-order valence-corrected chi connectivity index (χ2v) is 3.71. The number of methoxy groups -OCH3 is 3. The lowest BCUT2D eigenvalue weighted by Gasteiger charge is -2.12. The third-order valence-corrected chi connectivity index (χ3v) is 2.75. The average Bonchev–Trinajstić information content (AvgIpc) is 3.04. The van der Waals surface area contributed by atoms with Crippen molar-refractivity contribution in [2.45, 2.75) is 19.1 Å². The summed E-state index contributed by atoms with van der Waals surface area (Å²) in [5.41, 5.74) is 1.01. The Morgan fingerprint density at radius 2 is 1.44 bits per heavy atom. The Labute approximate surface area is 95.1 Å². The maximum atomic E-state index is 5.44. The molecule has 1 aromatic carbocycles. The van der Waals surface area contributed by atoms with E-state index in [2.05, 4.69) is 0 Å². The van der Waals surface area contributed by atoms with Crippen LogP contribution in [0.2, 0.25) is 0 Å². The molecule has 1 saturated heterocycles. The summed E-state index contributed by atoms with van der Waals surface area (Å²) in [5, 5.41) is 0. The van der Waals surface area contributed by atoms with Gasteiger partial charge in [-0.3, -0.25) is 0 Å². The van der Waals surface area contributed by atoms with Crippen LogP contribution in [0.1, 0.15) is 18.6 Å². The van der Waals surface area contributed by atoms with Gasteiger partial charge in [0.25, 0.3) is 0 Å². The van der Waals surface area contributed by atoms with Crippen LogP contribution in [0.25, 0.3) is 0 Å². The molecule has 16 heavy (non-hydrogen) atoms. The van der Waals surface area contributed by atoms with Crippen LogP contribution in [-0.2, 0) is 4.74 Å². The lowest BCUT2D eigenvalue weighted by atomic mass is 10.1. The van der Waals surface area contributed by atoms with E-state index >= 15 is 0 Å². The normalized spacial score (nSPS) is 22.8. The zero-order chi connectivity index (χ0) is 11.7. The highest BCUT2D eigenvalue weighted by atomic mass is 16.6. The summed E-state index contributed by atoms with van der Waals surface area (Å²) in [5.74, 6) is 2.13. The molecule has 4 heteroatoms. The number of hydrogen-bond donors (Lipinski definition) is 0. The monoisotopic (exact) mass is 224 g/mol.